The molecule has 3 aliphatic rings. The highest BCUT2D eigenvalue weighted by Gasteiger charge is 2.35. The van der Waals surface area contributed by atoms with E-state index in [0.717, 1.165) is 41.7 Å². The van der Waals surface area contributed by atoms with Gasteiger partial charge < -0.3 is 14.5 Å². The lowest BCUT2D eigenvalue weighted by Crippen LogP contribution is -2.54. The van der Waals surface area contributed by atoms with E-state index < -0.39 is 0 Å². The van der Waals surface area contributed by atoms with Gasteiger partial charge in [-0.2, -0.15) is 0 Å². The fourth-order valence-corrected chi connectivity index (χ4v) is 3.97. The molecular weight excluding hydrogens is 380 g/mol. The lowest BCUT2D eigenvalue weighted by molar-refractivity contribution is 0.0491. The standard InChI is InChI=1S/C19H21ClN6O2/c1-12-22-16-11-26(10-15(16)18(23-12)24-5-2-6-24)19(27)28-14-8-25(9-14)13-3-4-21-17(20)7-13/h3-4,7,14H,2,5-6,8-11H2,1H3. The van der Waals surface area contributed by atoms with Gasteiger partial charge in [-0.1, -0.05) is 11.6 Å². The zero-order chi connectivity index (χ0) is 19.3. The van der Waals surface area contributed by atoms with E-state index in [4.69, 9.17) is 16.3 Å². The van der Waals surface area contributed by atoms with Crippen LogP contribution in [0.15, 0.2) is 18.3 Å². The molecule has 0 radical (unpaired) electrons. The number of halogens is 1. The van der Waals surface area contributed by atoms with Crippen LogP contribution < -0.4 is 9.80 Å². The zero-order valence-corrected chi connectivity index (χ0v) is 16.4. The molecule has 0 unspecified atom stereocenters. The summed E-state index contributed by atoms with van der Waals surface area (Å²) in [6.45, 7) is 6.24. The van der Waals surface area contributed by atoms with Crippen molar-refractivity contribution in [3.8, 4) is 0 Å². The summed E-state index contributed by atoms with van der Waals surface area (Å²) in [6, 6.07) is 3.72. The van der Waals surface area contributed by atoms with Crippen molar-refractivity contribution in [2.45, 2.75) is 32.5 Å². The van der Waals surface area contributed by atoms with Crippen molar-refractivity contribution in [1.29, 1.82) is 0 Å². The van der Waals surface area contributed by atoms with Crippen molar-refractivity contribution in [3.05, 3.63) is 40.6 Å². The number of anilines is 2. The third kappa shape index (κ3) is 3.11. The Labute approximate surface area is 168 Å². The van der Waals surface area contributed by atoms with E-state index in [-0.39, 0.29) is 12.2 Å². The number of rotatable bonds is 3. The minimum absolute atomic E-state index is 0.120. The molecular formula is C19H21ClN6O2. The second kappa shape index (κ2) is 6.77. The number of ether oxygens (including phenoxy) is 1. The highest BCUT2D eigenvalue weighted by molar-refractivity contribution is 6.29. The summed E-state index contributed by atoms with van der Waals surface area (Å²) in [4.78, 5) is 31.9. The van der Waals surface area contributed by atoms with Gasteiger partial charge in [-0.25, -0.2) is 19.7 Å². The quantitative estimate of drug-likeness (QED) is 0.732. The van der Waals surface area contributed by atoms with Gasteiger partial charge >= 0.3 is 6.09 Å². The molecule has 2 aromatic rings. The monoisotopic (exact) mass is 400 g/mol. The summed E-state index contributed by atoms with van der Waals surface area (Å²) >= 11 is 5.94. The largest absolute Gasteiger partial charge is 0.442 e. The fourth-order valence-electron chi connectivity index (χ4n) is 3.81. The molecule has 0 spiro atoms. The molecule has 5 rings (SSSR count). The lowest BCUT2D eigenvalue weighted by Gasteiger charge is -2.40. The van der Waals surface area contributed by atoms with Gasteiger partial charge in [0, 0.05) is 30.5 Å². The average molecular weight is 401 g/mol. The van der Waals surface area contributed by atoms with Gasteiger partial charge in [-0.05, 0) is 25.5 Å². The van der Waals surface area contributed by atoms with Crippen molar-refractivity contribution in [1.82, 2.24) is 19.9 Å². The van der Waals surface area contributed by atoms with E-state index in [0.29, 0.717) is 31.3 Å². The first-order chi connectivity index (χ1) is 13.6. The average Bonchev–Trinajstić information content (AvgIpc) is 3.00. The van der Waals surface area contributed by atoms with Crippen LogP contribution in [-0.2, 0) is 17.8 Å². The Morgan fingerprint density at radius 2 is 2.04 bits per heavy atom. The molecule has 1 amide bonds. The van der Waals surface area contributed by atoms with Gasteiger partial charge in [-0.15, -0.1) is 0 Å². The zero-order valence-electron chi connectivity index (χ0n) is 15.6. The highest BCUT2D eigenvalue weighted by atomic mass is 35.5. The fraction of sp³-hybridized carbons (Fsp3) is 0.474. The maximum absolute atomic E-state index is 12.7. The molecule has 0 aliphatic carbocycles. The summed E-state index contributed by atoms with van der Waals surface area (Å²) in [5, 5.41) is 0.460. The van der Waals surface area contributed by atoms with Gasteiger partial charge in [-0.3, -0.25) is 4.90 Å². The molecule has 0 atom stereocenters. The number of fused-ring (bicyclic) bond motifs is 1. The van der Waals surface area contributed by atoms with Gasteiger partial charge in [0.1, 0.15) is 22.9 Å². The Balaban J connectivity index is 1.20. The SMILES string of the molecule is Cc1nc2c(c(N3CCC3)n1)CN(C(=O)OC1CN(c3ccnc(Cl)c3)C1)C2. The van der Waals surface area contributed by atoms with E-state index in [2.05, 4.69) is 24.8 Å². The number of amides is 1. The maximum Gasteiger partial charge on any atom is 0.410 e. The van der Waals surface area contributed by atoms with Crippen LogP contribution in [0.25, 0.3) is 0 Å². The van der Waals surface area contributed by atoms with Crippen LogP contribution in [0.3, 0.4) is 0 Å². The number of hydrogen-bond acceptors (Lipinski definition) is 7. The van der Waals surface area contributed by atoms with E-state index in [9.17, 15) is 4.79 Å². The van der Waals surface area contributed by atoms with E-state index in [1.807, 2.05) is 19.1 Å². The number of nitrogens with zero attached hydrogens (tertiary/aromatic N) is 6. The minimum atomic E-state index is -0.289. The number of aryl methyl sites for hydroxylation is 1. The van der Waals surface area contributed by atoms with Crippen molar-refractivity contribution in [2.24, 2.45) is 0 Å². The van der Waals surface area contributed by atoms with Crippen LogP contribution in [0.5, 0.6) is 0 Å². The van der Waals surface area contributed by atoms with Crippen molar-refractivity contribution >= 4 is 29.2 Å². The summed E-state index contributed by atoms with van der Waals surface area (Å²) < 4.78 is 5.69. The van der Waals surface area contributed by atoms with Gasteiger partial charge in [0.05, 0.1) is 31.9 Å². The molecule has 9 heteroatoms. The summed E-state index contributed by atoms with van der Waals surface area (Å²) in [7, 11) is 0. The molecule has 146 valence electrons. The van der Waals surface area contributed by atoms with Crippen LogP contribution in [0.1, 0.15) is 23.5 Å². The second-order valence-electron chi connectivity index (χ2n) is 7.46. The summed E-state index contributed by atoms with van der Waals surface area (Å²) in [5.41, 5.74) is 2.99. The van der Waals surface area contributed by atoms with Crippen LogP contribution >= 0.6 is 11.6 Å². The third-order valence-electron chi connectivity index (χ3n) is 5.48. The minimum Gasteiger partial charge on any atom is -0.442 e. The molecule has 2 fully saturated rings. The molecule has 3 aliphatic heterocycles. The molecule has 2 aromatic heterocycles. The van der Waals surface area contributed by atoms with Crippen LogP contribution in [0.4, 0.5) is 16.3 Å². The van der Waals surface area contributed by atoms with Crippen LogP contribution in [0.2, 0.25) is 5.15 Å². The molecule has 28 heavy (non-hydrogen) atoms. The Morgan fingerprint density at radius 3 is 2.75 bits per heavy atom. The summed E-state index contributed by atoms with van der Waals surface area (Å²) in [5.74, 6) is 1.73. The van der Waals surface area contributed by atoms with E-state index in [1.54, 1.807) is 11.1 Å². The first-order valence-corrected chi connectivity index (χ1v) is 9.88. The smallest absolute Gasteiger partial charge is 0.410 e. The molecule has 0 saturated carbocycles. The van der Waals surface area contributed by atoms with Crippen molar-refractivity contribution in [3.63, 3.8) is 0 Å². The molecule has 0 aromatic carbocycles. The predicted molar refractivity (Wildman–Crippen MR) is 105 cm³/mol. The second-order valence-corrected chi connectivity index (χ2v) is 7.85. The topological polar surface area (TPSA) is 74.7 Å². The molecule has 0 bridgehead atoms. The number of aromatic nitrogens is 3. The van der Waals surface area contributed by atoms with E-state index in [1.165, 1.54) is 6.42 Å². The lowest BCUT2D eigenvalue weighted by atomic mass is 10.1. The van der Waals surface area contributed by atoms with E-state index >= 15 is 0 Å². The van der Waals surface area contributed by atoms with Crippen LogP contribution in [0, 0.1) is 6.92 Å². The van der Waals surface area contributed by atoms with Crippen molar-refractivity contribution < 1.29 is 9.53 Å². The normalized spacial score (nSPS) is 18.6. The molecule has 0 N–H and O–H groups in total. The first kappa shape index (κ1) is 17.5. The number of pyridine rings is 1. The van der Waals surface area contributed by atoms with Gasteiger partial charge in [0.2, 0.25) is 0 Å². The predicted octanol–water partition coefficient (Wildman–Crippen LogP) is 2.38. The molecule has 8 nitrogen and oxygen atoms in total. The maximum atomic E-state index is 12.7. The Kier molecular flexibility index (Phi) is 4.23. The molecule has 2 saturated heterocycles. The number of carbonyl (C=O) groups is 1. The van der Waals surface area contributed by atoms with Crippen LogP contribution in [-0.4, -0.2) is 58.2 Å². The van der Waals surface area contributed by atoms with Gasteiger partial charge in [0.15, 0.2) is 0 Å². The number of carbonyl (C=O) groups excluding carboxylic acids is 1. The van der Waals surface area contributed by atoms with Crippen molar-refractivity contribution in [2.75, 3.05) is 36.0 Å². The van der Waals surface area contributed by atoms with Gasteiger partial charge in [0.25, 0.3) is 0 Å². The number of hydrogen-bond donors (Lipinski definition) is 0. The third-order valence-corrected chi connectivity index (χ3v) is 5.68. The summed E-state index contributed by atoms with van der Waals surface area (Å²) in [6.07, 6.45) is 2.45. The first-order valence-electron chi connectivity index (χ1n) is 9.50. The molecule has 5 heterocycles. The Morgan fingerprint density at radius 1 is 1.21 bits per heavy atom. The highest BCUT2D eigenvalue weighted by Crippen LogP contribution is 2.32. The Hall–Kier alpha value is -2.61. The Bertz CT molecular complexity index is 929.